The van der Waals surface area contributed by atoms with E-state index < -0.39 is 11.9 Å². The molecule has 0 aromatic heterocycles. The smallest absolute Gasteiger partial charge is 0.326 e. The minimum atomic E-state index is -0.574. The average molecular weight is 460 g/mol. The Balaban J connectivity index is 1.76. The molecule has 2 aromatic carbocycles. The van der Waals surface area contributed by atoms with E-state index >= 15 is 0 Å². The van der Waals surface area contributed by atoms with Crippen LogP contribution in [0.15, 0.2) is 52.6 Å². The number of urea groups is 1. The molecule has 3 N–H and O–H groups in total. The number of nitrogens with one attached hydrogen (secondary N) is 3. The number of rotatable bonds is 7. The first-order valence-electron chi connectivity index (χ1n) is 8.74. The van der Waals surface area contributed by atoms with Crippen molar-refractivity contribution >= 4 is 45.5 Å². The zero-order valence-corrected chi connectivity index (χ0v) is 17.0. The van der Waals surface area contributed by atoms with Gasteiger partial charge in [-0.3, -0.25) is 14.9 Å². The molecule has 0 saturated carbocycles. The van der Waals surface area contributed by atoms with E-state index in [0.29, 0.717) is 33.8 Å². The maximum absolute atomic E-state index is 12.1. The Bertz CT molecular complexity index is 976. The van der Waals surface area contributed by atoms with Crippen LogP contribution in [0.4, 0.5) is 10.5 Å². The molecule has 1 saturated heterocycles. The van der Waals surface area contributed by atoms with E-state index in [1.54, 1.807) is 24.3 Å². The minimum Gasteiger partial charge on any atom is -0.490 e. The predicted molar refractivity (Wildman–Crippen MR) is 111 cm³/mol. The van der Waals surface area contributed by atoms with E-state index in [2.05, 4.69) is 31.9 Å². The van der Waals surface area contributed by atoms with Crippen molar-refractivity contribution in [1.29, 1.82) is 0 Å². The molecule has 1 fully saturated rings. The molecule has 0 atom stereocenters. The largest absolute Gasteiger partial charge is 0.490 e. The van der Waals surface area contributed by atoms with Crippen LogP contribution in [-0.4, -0.2) is 31.1 Å². The molecule has 150 valence electrons. The zero-order chi connectivity index (χ0) is 20.8. The van der Waals surface area contributed by atoms with Crippen molar-refractivity contribution in [3.63, 3.8) is 0 Å². The molecule has 3 rings (SSSR count). The third-order valence-corrected chi connectivity index (χ3v) is 4.36. The van der Waals surface area contributed by atoms with Crippen molar-refractivity contribution in [1.82, 2.24) is 10.6 Å². The standard InChI is InChI=1S/C20H18BrN3O5/c1-2-28-16-10-12(9-15-19(26)24-20(27)23-15)8-14(21)18(16)29-11-17(25)22-13-6-4-3-5-7-13/h3-10H,2,11H2,1H3,(H,22,25)(H2,23,24,26,27)/b15-9+. The molecule has 8 nitrogen and oxygen atoms in total. The number of amides is 4. The van der Waals surface area contributed by atoms with Gasteiger partial charge in [0.25, 0.3) is 11.8 Å². The average Bonchev–Trinajstić information content (AvgIpc) is 2.99. The number of hydrogen-bond acceptors (Lipinski definition) is 5. The second-order valence-electron chi connectivity index (χ2n) is 5.93. The fourth-order valence-electron chi connectivity index (χ4n) is 2.58. The lowest BCUT2D eigenvalue weighted by Crippen LogP contribution is -2.22. The second kappa shape index (κ2) is 9.24. The van der Waals surface area contributed by atoms with Gasteiger partial charge in [0.1, 0.15) is 5.70 Å². The number of para-hydroxylation sites is 1. The van der Waals surface area contributed by atoms with E-state index in [0.717, 1.165) is 0 Å². The summed E-state index contributed by atoms with van der Waals surface area (Å²) >= 11 is 3.41. The molecular formula is C20H18BrN3O5. The van der Waals surface area contributed by atoms with Gasteiger partial charge in [0.15, 0.2) is 18.1 Å². The van der Waals surface area contributed by atoms with Crippen LogP contribution in [0.3, 0.4) is 0 Å². The van der Waals surface area contributed by atoms with Crippen molar-refractivity contribution < 1.29 is 23.9 Å². The Morgan fingerprint density at radius 1 is 1.14 bits per heavy atom. The SMILES string of the molecule is CCOc1cc(/C=C2/NC(=O)NC2=O)cc(Br)c1OCC(=O)Nc1ccccc1. The van der Waals surface area contributed by atoms with Crippen LogP contribution in [0.5, 0.6) is 11.5 Å². The van der Waals surface area contributed by atoms with Crippen LogP contribution >= 0.6 is 15.9 Å². The molecule has 0 radical (unpaired) electrons. The van der Waals surface area contributed by atoms with E-state index in [9.17, 15) is 14.4 Å². The normalized spacial score (nSPS) is 14.3. The number of anilines is 1. The quantitative estimate of drug-likeness (QED) is 0.435. The molecule has 1 heterocycles. The lowest BCUT2D eigenvalue weighted by molar-refractivity contribution is -0.118. The summed E-state index contributed by atoms with van der Waals surface area (Å²) in [7, 11) is 0. The summed E-state index contributed by atoms with van der Waals surface area (Å²) in [5.41, 5.74) is 1.40. The molecule has 1 aliphatic heterocycles. The number of carbonyl (C=O) groups is 3. The van der Waals surface area contributed by atoms with Crippen LogP contribution in [0.1, 0.15) is 12.5 Å². The molecule has 0 aliphatic carbocycles. The van der Waals surface area contributed by atoms with E-state index in [1.807, 2.05) is 25.1 Å². The first-order valence-corrected chi connectivity index (χ1v) is 9.53. The van der Waals surface area contributed by atoms with E-state index in [4.69, 9.17) is 9.47 Å². The Labute approximate surface area is 175 Å². The molecule has 9 heteroatoms. The van der Waals surface area contributed by atoms with Gasteiger partial charge in [-0.2, -0.15) is 0 Å². The van der Waals surface area contributed by atoms with Crippen LogP contribution in [-0.2, 0) is 9.59 Å². The molecule has 1 aliphatic rings. The maximum Gasteiger partial charge on any atom is 0.326 e. The van der Waals surface area contributed by atoms with Gasteiger partial charge < -0.3 is 20.1 Å². The first kappa shape index (κ1) is 20.4. The fraction of sp³-hybridized carbons (Fsp3) is 0.150. The summed E-state index contributed by atoms with van der Waals surface area (Å²) in [6.07, 6.45) is 1.51. The van der Waals surface area contributed by atoms with Crippen molar-refractivity contribution in [3.8, 4) is 11.5 Å². The topological polar surface area (TPSA) is 106 Å². The zero-order valence-electron chi connectivity index (χ0n) is 15.5. The predicted octanol–water partition coefficient (Wildman–Crippen LogP) is 3.05. The molecule has 0 spiro atoms. The highest BCUT2D eigenvalue weighted by Crippen LogP contribution is 2.37. The van der Waals surface area contributed by atoms with Crippen LogP contribution in [0.2, 0.25) is 0 Å². The van der Waals surface area contributed by atoms with Gasteiger partial charge in [-0.1, -0.05) is 18.2 Å². The van der Waals surface area contributed by atoms with Crippen molar-refractivity contribution in [2.45, 2.75) is 6.92 Å². The van der Waals surface area contributed by atoms with Crippen molar-refractivity contribution in [3.05, 3.63) is 58.2 Å². The summed E-state index contributed by atoms with van der Waals surface area (Å²) in [4.78, 5) is 35.1. The summed E-state index contributed by atoms with van der Waals surface area (Å²) < 4.78 is 11.8. The summed E-state index contributed by atoms with van der Waals surface area (Å²) in [5.74, 6) is -0.0767. The monoisotopic (exact) mass is 459 g/mol. The molecule has 2 aromatic rings. The first-order chi connectivity index (χ1) is 14.0. The number of hydrogen-bond donors (Lipinski definition) is 3. The molecule has 4 amide bonds. The number of carbonyl (C=O) groups excluding carboxylic acids is 3. The lowest BCUT2D eigenvalue weighted by atomic mass is 10.1. The second-order valence-corrected chi connectivity index (χ2v) is 6.79. The molecule has 0 unspecified atom stereocenters. The molecule has 0 bridgehead atoms. The fourth-order valence-corrected chi connectivity index (χ4v) is 3.15. The highest BCUT2D eigenvalue weighted by atomic mass is 79.9. The highest BCUT2D eigenvalue weighted by Gasteiger charge is 2.23. The van der Waals surface area contributed by atoms with Gasteiger partial charge in [0.2, 0.25) is 0 Å². The van der Waals surface area contributed by atoms with Gasteiger partial charge in [0, 0.05) is 5.69 Å². The van der Waals surface area contributed by atoms with Gasteiger partial charge in [-0.25, -0.2) is 4.79 Å². The molecule has 29 heavy (non-hydrogen) atoms. The van der Waals surface area contributed by atoms with Crippen LogP contribution in [0.25, 0.3) is 6.08 Å². The third kappa shape index (κ3) is 5.35. The number of imide groups is 1. The third-order valence-electron chi connectivity index (χ3n) is 3.77. The van der Waals surface area contributed by atoms with Gasteiger partial charge in [0.05, 0.1) is 11.1 Å². The Morgan fingerprint density at radius 2 is 1.90 bits per heavy atom. The van der Waals surface area contributed by atoms with Gasteiger partial charge in [-0.05, 0) is 58.8 Å². The number of benzene rings is 2. The highest BCUT2D eigenvalue weighted by molar-refractivity contribution is 9.10. The number of halogens is 1. The van der Waals surface area contributed by atoms with Crippen LogP contribution < -0.4 is 25.4 Å². The summed E-state index contributed by atoms with van der Waals surface area (Å²) in [5, 5.41) is 7.30. The Morgan fingerprint density at radius 3 is 2.55 bits per heavy atom. The minimum absolute atomic E-state index is 0.125. The number of ether oxygens (including phenoxy) is 2. The lowest BCUT2D eigenvalue weighted by Gasteiger charge is -2.15. The van der Waals surface area contributed by atoms with Gasteiger partial charge >= 0.3 is 6.03 Å². The Kier molecular flexibility index (Phi) is 6.50. The van der Waals surface area contributed by atoms with Crippen molar-refractivity contribution in [2.75, 3.05) is 18.5 Å². The van der Waals surface area contributed by atoms with E-state index in [1.165, 1.54) is 6.08 Å². The summed E-state index contributed by atoms with van der Waals surface area (Å²) in [6, 6.07) is 11.8. The molecular weight excluding hydrogens is 442 g/mol. The summed E-state index contributed by atoms with van der Waals surface area (Å²) in [6.45, 7) is 1.97. The van der Waals surface area contributed by atoms with E-state index in [-0.39, 0.29) is 18.2 Å². The van der Waals surface area contributed by atoms with Crippen molar-refractivity contribution in [2.24, 2.45) is 0 Å². The van der Waals surface area contributed by atoms with Crippen LogP contribution in [0, 0.1) is 0 Å². The van der Waals surface area contributed by atoms with Gasteiger partial charge in [-0.15, -0.1) is 0 Å². The maximum atomic E-state index is 12.1. The Hall–Kier alpha value is -3.33.